The number of aliphatic hydroxyl groups excluding tert-OH is 2. The Hall–Kier alpha value is -2.53. The average molecular weight is 531 g/mol. The molecule has 1 saturated heterocycles. The van der Waals surface area contributed by atoms with Crippen molar-refractivity contribution in [2.75, 3.05) is 19.9 Å². The van der Waals surface area contributed by atoms with E-state index in [1.807, 2.05) is 0 Å². The lowest BCUT2D eigenvalue weighted by molar-refractivity contribution is -0.765. The highest BCUT2D eigenvalue weighted by atomic mass is 35.5. The largest absolute Gasteiger partial charge is 1.00 e. The number of pyridine rings is 1. The van der Waals surface area contributed by atoms with E-state index < -0.39 is 56.5 Å². The van der Waals surface area contributed by atoms with E-state index in [0.29, 0.717) is 0 Å². The third-order valence-electron chi connectivity index (χ3n) is 5.26. The van der Waals surface area contributed by atoms with Gasteiger partial charge in [-0.2, -0.15) is 4.57 Å². The fourth-order valence-electron chi connectivity index (χ4n) is 3.47. The van der Waals surface area contributed by atoms with Crippen molar-refractivity contribution in [3.8, 4) is 5.75 Å². The Morgan fingerprint density at radius 2 is 1.86 bits per heavy atom. The maximum absolute atomic E-state index is 13.5. The van der Waals surface area contributed by atoms with Crippen LogP contribution in [0.1, 0.15) is 23.5 Å². The Balaban J connectivity index is 0.00000432. The van der Waals surface area contributed by atoms with Crippen LogP contribution in [0.4, 0.5) is 0 Å². The van der Waals surface area contributed by atoms with Gasteiger partial charge in [0.05, 0.1) is 25.8 Å². The molecule has 2 aromatic rings. The van der Waals surface area contributed by atoms with Gasteiger partial charge in [0.15, 0.2) is 18.5 Å². The molecule has 1 aromatic carbocycles. The van der Waals surface area contributed by atoms with E-state index in [4.69, 9.17) is 24.3 Å². The summed E-state index contributed by atoms with van der Waals surface area (Å²) in [5.74, 6) is -1.77. The van der Waals surface area contributed by atoms with Gasteiger partial charge in [-0.3, -0.25) is 14.1 Å². The first-order valence-electron chi connectivity index (χ1n) is 10.5. The van der Waals surface area contributed by atoms with Crippen LogP contribution in [0.25, 0.3) is 0 Å². The second kappa shape index (κ2) is 12.4. The Morgan fingerprint density at radius 3 is 2.49 bits per heavy atom. The van der Waals surface area contributed by atoms with Gasteiger partial charge in [-0.05, 0) is 18.2 Å². The van der Waals surface area contributed by atoms with Crippen LogP contribution in [0.5, 0.6) is 5.75 Å². The Labute approximate surface area is 208 Å². The Kier molecular flexibility index (Phi) is 10.2. The van der Waals surface area contributed by atoms with Gasteiger partial charge in [0, 0.05) is 6.07 Å². The number of nitrogens with two attached hydrogens (primary N) is 1. The molecule has 192 valence electrons. The van der Waals surface area contributed by atoms with Crippen molar-refractivity contribution >= 4 is 19.5 Å². The van der Waals surface area contributed by atoms with Gasteiger partial charge >= 0.3 is 13.6 Å². The number of amides is 1. The average Bonchev–Trinajstić information content (AvgIpc) is 3.11. The van der Waals surface area contributed by atoms with Gasteiger partial charge in [-0.1, -0.05) is 25.1 Å². The highest BCUT2D eigenvalue weighted by molar-refractivity contribution is 7.54. The van der Waals surface area contributed by atoms with E-state index in [-0.39, 0.29) is 29.9 Å². The number of carbonyl (C=O) groups excluding carboxylic acids is 2. The fourth-order valence-corrected chi connectivity index (χ4v) is 5.34. The minimum Gasteiger partial charge on any atom is -1.00 e. The molecule has 3 rings (SSSR count). The molecule has 1 unspecified atom stereocenters. The number of ether oxygens (including phenoxy) is 2. The molecule has 1 aromatic heterocycles. The second-order valence-corrected chi connectivity index (χ2v) is 9.90. The SMILES string of the molecule is COC(=O)[C@H](C)CP(=O)(OC[C@H]1O[C@@H]([n+]2cccc(C(N)=O)c2)[C@H](O)[C@@H]1O)Oc1ccccc1.[Cl-]. The molecule has 0 spiro atoms. The highest BCUT2D eigenvalue weighted by Gasteiger charge is 2.49. The Morgan fingerprint density at radius 1 is 1.17 bits per heavy atom. The zero-order valence-electron chi connectivity index (χ0n) is 19.1. The van der Waals surface area contributed by atoms with E-state index in [1.54, 1.807) is 36.4 Å². The number of methoxy groups -OCH3 is 1. The highest BCUT2D eigenvalue weighted by Crippen LogP contribution is 2.50. The first kappa shape index (κ1) is 28.7. The molecule has 35 heavy (non-hydrogen) atoms. The molecule has 0 bridgehead atoms. The van der Waals surface area contributed by atoms with Gasteiger partial charge in [-0.15, -0.1) is 0 Å². The Bertz CT molecular complexity index is 1060. The summed E-state index contributed by atoms with van der Waals surface area (Å²) in [7, 11) is -2.70. The molecule has 1 fully saturated rings. The molecule has 1 aliphatic heterocycles. The first-order valence-corrected chi connectivity index (χ1v) is 12.2. The molecule has 6 atom stereocenters. The third-order valence-corrected chi connectivity index (χ3v) is 7.29. The van der Waals surface area contributed by atoms with Crippen LogP contribution in [0, 0.1) is 5.92 Å². The van der Waals surface area contributed by atoms with Crippen LogP contribution in [0.15, 0.2) is 54.9 Å². The predicted molar refractivity (Wildman–Crippen MR) is 118 cm³/mol. The molecule has 0 aliphatic carbocycles. The number of aliphatic hydroxyl groups is 2. The molecule has 0 saturated carbocycles. The van der Waals surface area contributed by atoms with E-state index in [1.165, 1.54) is 37.1 Å². The number of carbonyl (C=O) groups is 2. The fraction of sp³-hybridized carbons (Fsp3) is 0.409. The zero-order valence-corrected chi connectivity index (χ0v) is 20.7. The zero-order chi connectivity index (χ0) is 24.9. The molecule has 0 radical (unpaired) electrons. The number of hydrogen-bond acceptors (Lipinski definition) is 9. The second-order valence-electron chi connectivity index (χ2n) is 7.87. The number of aromatic nitrogens is 1. The van der Waals surface area contributed by atoms with Crippen LogP contribution < -0.4 is 27.2 Å². The molecule has 1 amide bonds. The molecule has 1 aliphatic rings. The van der Waals surface area contributed by atoms with Gasteiger partial charge in [0.2, 0.25) is 0 Å². The molecule has 4 N–H and O–H groups in total. The number of para-hydroxylation sites is 1. The lowest BCUT2D eigenvalue weighted by atomic mass is 10.1. The maximum Gasteiger partial charge on any atom is 0.380 e. The summed E-state index contributed by atoms with van der Waals surface area (Å²) in [6, 6.07) is 11.3. The van der Waals surface area contributed by atoms with Crippen molar-refractivity contribution in [3.63, 3.8) is 0 Å². The van der Waals surface area contributed by atoms with Gasteiger partial charge in [0.1, 0.15) is 23.5 Å². The number of hydrogen-bond donors (Lipinski definition) is 3. The van der Waals surface area contributed by atoms with Crippen LogP contribution in [0.3, 0.4) is 0 Å². The van der Waals surface area contributed by atoms with Gasteiger partial charge < -0.3 is 42.4 Å². The maximum atomic E-state index is 13.5. The summed E-state index contributed by atoms with van der Waals surface area (Å²) >= 11 is 0. The van der Waals surface area contributed by atoms with Crippen molar-refractivity contribution in [2.24, 2.45) is 11.7 Å². The number of benzene rings is 1. The minimum absolute atomic E-state index is 0. The third kappa shape index (κ3) is 7.23. The van der Waals surface area contributed by atoms with Crippen molar-refractivity contribution in [1.29, 1.82) is 0 Å². The van der Waals surface area contributed by atoms with Crippen molar-refractivity contribution < 1.29 is 59.9 Å². The minimum atomic E-state index is -3.92. The summed E-state index contributed by atoms with van der Waals surface area (Å²) < 4.78 is 36.6. The number of rotatable bonds is 10. The van der Waals surface area contributed by atoms with Gasteiger partial charge in [-0.25, -0.2) is 4.57 Å². The predicted octanol–water partition coefficient (Wildman–Crippen LogP) is -2.21. The van der Waals surface area contributed by atoms with E-state index >= 15 is 0 Å². The molecule has 13 heteroatoms. The van der Waals surface area contributed by atoms with Crippen molar-refractivity contribution in [2.45, 2.75) is 31.5 Å². The monoisotopic (exact) mass is 530 g/mol. The van der Waals surface area contributed by atoms with Crippen LogP contribution >= 0.6 is 7.60 Å². The number of halogens is 1. The van der Waals surface area contributed by atoms with Crippen LogP contribution in [-0.2, 0) is 23.4 Å². The summed E-state index contributed by atoms with van der Waals surface area (Å²) in [5, 5.41) is 21.0. The number of esters is 1. The topological polar surface area (TPSA) is 158 Å². The lowest BCUT2D eigenvalue weighted by Gasteiger charge is -2.23. The normalized spacial score (nSPS) is 24.0. The van der Waals surface area contributed by atoms with Crippen molar-refractivity contribution in [1.82, 2.24) is 0 Å². The molecular weight excluding hydrogens is 503 g/mol. The summed E-state index contributed by atoms with van der Waals surface area (Å²) in [4.78, 5) is 23.3. The molecule has 11 nitrogen and oxygen atoms in total. The summed E-state index contributed by atoms with van der Waals surface area (Å²) in [6.45, 7) is 1.13. The van der Waals surface area contributed by atoms with Gasteiger partial charge in [0.25, 0.3) is 12.1 Å². The smallest absolute Gasteiger partial charge is 0.380 e. The first-order chi connectivity index (χ1) is 16.1. The van der Waals surface area contributed by atoms with Crippen LogP contribution in [-0.4, -0.2) is 60.3 Å². The quantitative estimate of drug-likeness (QED) is 0.176. The summed E-state index contributed by atoms with van der Waals surface area (Å²) in [6.07, 6.45) is -2.25. The lowest BCUT2D eigenvalue weighted by Crippen LogP contribution is -3.00. The molecular formula is C22H28ClN2O9P. The molecule has 2 heterocycles. The number of primary amides is 1. The number of nitrogens with zero attached hydrogens (tertiary/aromatic N) is 1. The van der Waals surface area contributed by atoms with Crippen LogP contribution in [0.2, 0.25) is 0 Å². The summed E-state index contributed by atoms with van der Waals surface area (Å²) in [5.41, 5.74) is 5.48. The van der Waals surface area contributed by atoms with E-state index in [9.17, 15) is 24.4 Å². The van der Waals surface area contributed by atoms with E-state index in [0.717, 1.165) is 0 Å². The standard InChI is InChI=1S/C22H27N2O9P.ClH/c1-14(22(28)30-2)13-34(29,33-16-8-4-3-5-9-16)31-12-17-18(25)19(26)21(32-17)24-10-6-7-15(11-24)20(23)27;/h3-11,14,17-19,21,25-26H,12-13H2,1-2H3,(H-,23,27);1H/t14-,17-,18-,19-,21-,34?;/m1./s1. The van der Waals surface area contributed by atoms with E-state index in [2.05, 4.69) is 0 Å². The van der Waals surface area contributed by atoms with Crippen molar-refractivity contribution in [3.05, 3.63) is 60.4 Å².